The highest BCUT2D eigenvalue weighted by Crippen LogP contribution is 2.10. The molecule has 1 aromatic heterocycles. The van der Waals surface area contributed by atoms with Gasteiger partial charge < -0.3 is 0 Å². The molecular weight excluding hydrogens is 292 g/mol. The summed E-state index contributed by atoms with van der Waals surface area (Å²) < 4.78 is 3.51. The van der Waals surface area contributed by atoms with Gasteiger partial charge in [0.1, 0.15) is 0 Å². The molecule has 4 nitrogen and oxygen atoms in total. The Morgan fingerprint density at radius 2 is 1.40 bits per heavy atom. The summed E-state index contributed by atoms with van der Waals surface area (Å²) in [6, 6.07) is 0. The average Bonchev–Trinajstić information content (AvgIpc) is 3.07. The van der Waals surface area contributed by atoms with Crippen LogP contribution in [0.1, 0.15) is 71.1 Å². The second kappa shape index (κ2) is 23.9. The highest BCUT2D eigenvalue weighted by atomic mass is 32.1. The predicted octanol–water partition coefficient (Wildman–Crippen LogP) is 5.39. The van der Waals surface area contributed by atoms with E-state index in [4.69, 9.17) is 10.5 Å². The van der Waals surface area contributed by atoms with E-state index in [0.717, 1.165) is 5.75 Å². The van der Waals surface area contributed by atoms with Crippen molar-refractivity contribution in [2.24, 2.45) is 0 Å². The first-order chi connectivity index (χ1) is 9.91. The van der Waals surface area contributed by atoms with Crippen LogP contribution in [0.5, 0.6) is 0 Å². The Morgan fingerprint density at radius 1 is 0.900 bits per heavy atom. The predicted molar refractivity (Wildman–Crippen MR) is 90.9 cm³/mol. The quantitative estimate of drug-likeness (QED) is 0.234. The number of hydrogen-bond donors (Lipinski definition) is 3. The van der Waals surface area contributed by atoms with E-state index in [2.05, 4.69) is 29.1 Å². The fourth-order valence-corrected chi connectivity index (χ4v) is 2.23. The lowest BCUT2D eigenvalue weighted by molar-refractivity contribution is -0.176. The van der Waals surface area contributed by atoms with Crippen LogP contribution in [0.2, 0.25) is 0 Å². The number of aromatic nitrogens is 2. The molecule has 0 spiro atoms. The second-order valence-corrected chi connectivity index (χ2v) is 5.59. The molecule has 0 amide bonds. The van der Waals surface area contributed by atoms with E-state index < -0.39 is 0 Å². The van der Waals surface area contributed by atoms with E-state index >= 15 is 0 Å². The monoisotopic (exact) mass is 322 g/mol. The Balaban J connectivity index is 0. The first kappa shape index (κ1) is 22.1. The van der Waals surface area contributed by atoms with E-state index in [0.29, 0.717) is 0 Å². The maximum absolute atomic E-state index is 6.00. The lowest BCUT2D eigenvalue weighted by atomic mass is 10.1. The van der Waals surface area contributed by atoms with Gasteiger partial charge in [-0.3, -0.25) is 10.5 Å². The molecule has 0 radical (unpaired) electrons. The minimum absolute atomic E-state index is 1.07. The van der Waals surface area contributed by atoms with Crippen LogP contribution >= 0.6 is 24.2 Å². The molecule has 1 heterocycles. The van der Waals surface area contributed by atoms with E-state index in [1.54, 1.807) is 6.20 Å². The fourth-order valence-electron chi connectivity index (χ4n) is 1.74. The minimum atomic E-state index is 1.07. The summed E-state index contributed by atoms with van der Waals surface area (Å²) >= 11 is 5.55. The van der Waals surface area contributed by atoms with Gasteiger partial charge in [-0.1, -0.05) is 69.2 Å². The molecule has 0 bridgehead atoms. The first-order valence-electron chi connectivity index (χ1n) is 7.43. The average molecular weight is 323 g/mol. The summed E-state index contributed by atoms with van der Waals surface area (Å²) in [7, 11) is 0. The van der Waals surface area contributed by atoms with Crippen LogP contribution in [0.4, 0.5) is 0 Å². The van der Waals surface area contributed by atoms with Gasteiger partial charge in [0.05, 0.1) is 6.20 Å². The van der Waals surface area contributed by atoms with Gasteiger partial charge >= 0.3 is 0 Å². The van der Waals surface area contributed by atoms with Gasteiger partial charge in [-0.05, 0) is 23.7 Å². The van der Waals surface area contributed by atoms with Crippen molar-refractivity contribution in [1.82, 2.24) is 9.59 Å². The Morgan fingerprint density at radius 3 is 1.70 bits per heavy atom. The summed E-state index contributed by atoms with van der Waals surface area (Å²) in [4.78, 5) is 0. The molecule has 0 aliphatic carbocycles. The number of unbranched alkanes of at least 4 members (excludes halogenated alkanes) is 9. The van der Waals surface area contributed by atoms with Crippen LogP contribution in [0.3, 0.4) is 0 Å². The number of nitrogens with zero attached hydrogens (tertiary/aromatic N) is 2. The molecule has 1 rings (SSSR count). The van der Waals surface area contributed by atoms with Crippen LogP contribution in [0.15, 0.2) is 11.6 Å². The van der Waals surface area contributed by atoms with Gasteiger partial charge in [0.2, 0.25) is 0 Å². The molecular formula is C14H30N2O2S2. The van der Waals surface area contributed by atoms with E-state index in [1.165, 1.54) is 75.7 Å². The van der Waals surface area contributed by atoms with Crippen LogP contribution in [0, 0.1) is 0 Å². The van der Waals surface area contributed by atoms with Crippen molar-refractivity contribution >= 4 is 24.2 Å². The third-order valence-electron chi connectivity index (χ3n) is 2.79. The highest BCUT2D eigenvalue weighted by molar-refractivity contribution is 7.80. The van der Waals surface area contributed by atoms with Gasteiger partial charge in [-0.15, -0.1) is 5.10 Å². The molecule has 0 unspecified atom stereocenters. The lowest BCUT2D eigenvalue weighted by Crippen LogP contribution is -1.81. The van der Waals surface area contributed by atoms with Gasteiger partial charge in [0, 0.05) is 5.38 Å². The standard InChI is InChI=1S/C12H26S.C2H2N2S.H2O2/c1-2-3-4-5-6-7-8-9-10-11-12-13;1-2-5-4-3-1;1-2/h13H,2-12H2,1H3;1-2H;1-2H. The van der Waals surface area contributed by atoms with Gasteiger partial charge in [0.25, 0.3) is 0 Å². The Kier molecular flexibility index (Phi) is 26.4. The number of rotatable bonds is 10. The van der Waals surface area contributed by atoms with Crippen molar-refractivity contribution in [3.8, 4) is 0 Å². The first-order valence-corrected chi connectivity index (χ1v) is 8.90. The lowest BCUT2D eigenvalue weighted by Gasteiger charge is -2.00. The zero-order chi connectivity index (χ0) is 15.3. The molecule has 0 fully saturated rings. The SMILES string of the molecule is CCCCCCCCCCCCS.OO.c1csnn1. The normalized spacial score (nSPS) is 9.20. The Hall–Kier alpha value is -0.170. The zero-order valence-corrected chi connectivity index (χ0v) is 14.3. The minimum Gasteiger partial charge on any atom is -0.255 e. The molecule has 0 aromatic carbocycles. The van der Waals surface area contributed by atoms with Crippen molar-refractivity contribution in [2.75, 3.05) is 5.75 Å². The summed E-state index contributed by atoms with van der Waals surface area (Å²) in [6.07, 6.45) is 15.8. The maximum atomic E-state index is 6.00. The Labute approximate surface area is 133 Å². The van der Waals surface area contributed by atoms with Crippen LogP contribution < -0.4 is 0 Å². The maximum Gasteiger partial charge on any atom is 0.0620 e. The van der Waals surface area contributed by atoms with Crippen LogP contribution in [-0.4, -0.2) is 25.9 Å². The topological polar surface area (TPSA) is 66.2 Å². The van der Waals surface area contributed by atoms with Crippen molar-refractivity contribution in [1.29, 1.82) is 0 Å². The van der Waals surface area contributed by atoms with Gasteiger partial charge in [-0.2, -0.15) is 12.6 Å². The smallest absolute Gasteiger partial charge is 0.0620 e. The molecule has 0 saturated heterocycles. The molecule has 20 heavy (non-hydrogen) atoms. The summed E-state index contributed by atoms with van der Waals surface area (Å²) in [5.74, 6) is 1.07. The summed E-state index contributed by atoms with van der Waals surface area (Å²) in [5.41, 5.74) is 0. The Bertz CT molecular complexity index is 198. The molecule has 0 aliphatic rings. The summed E-state index contributed by atoms with van der Waals surface area (Å²) in [6.45, 7) is 2.28. The molecule has 0 saturated carbocycles. The van der Waals surface area contributed by atoms with Crippen LogP contribution in [0.25, 0.3) is 0 Å². The van der Waals surface area contributed by atoms with E-state index in [-0.39, 0.29) is 0 Å². The van der Waals surface area contributed by atoms with Crippen molar-refractivity contribution in [3.05, 3.63) is 11.6 Å². The van der Waals surface area contributed by atoms with Gasteiger partial charge in [-0.25, -0.2) is 0 Å². The third-order valence-corrected chi connectivity index (χ3v) is 3.54. The zero-order valence-electron chi connectivity index (χ0n) is 12.6. The molecule has 1 aromatic rings. The third kappa shape index (κ3) is 23.0. The second-order valence-electron chi connectivity index (χ2n) is 4.49. The molecule has 120 valence electrons. The highest BCUT2D eigenvalue weighted by Gasteiger charge is 1.91. The van der Waals surface area contributed by atoms with Gasteiger partial charge in [0.15, 0.2) is 0 Å². The van der Waals surface area contributed by atoms with Crippen molar-refractivity contribution in [2.45, 2.75) is 71.1 Å². The van der Waals surface area contributed by atoms with E-state index in [1.807, 2.05) is 5.38 Å². The molecule has 0 aliphatic heterocycles. The molecule has 2 N–H and O–H groups in total. The largest absolute Gasteiger partial charge is 0.255 e. The molecule has 0 atom stereocenters. The molecule has 6 heteroatoms. The number of hydrogen-bond acceptors (Lipinski definition) is 6. The van der Waals surface area contributed by atoms with Crippen molar-refractivity contribution < 1.29 is 10.5 Å². The van der Waals surface area contributed by atoms with Crippen molar-refractivity contribution in [3.63, 3.8) is 0 Å². The fraction of sp³-hybridized carbons (Fsp3) is 0.857. The summed E-state index contributed by atoms with van der Waals surface area (Å²) in [5, 5.41) is 17.3. The van der Waals surface area contributed by atoms with E-state index in [9.17, 15) is 0 Å². The van der Waals surface area contributed by atoms with Crippen LogP contribution in [-0.2, 0) is 0 Å². The number of thiol groups is 1.